The molecule has 2 N–H and O–H groups in total. The Bertz CT molecular complexity index is 2150. The fourth-order valence-electron chi connectivity index (χ4n) is 9.93. The van der Waals surface area contributed by atoms with Crippen molar-refractivity contribution in [3.05, 3.63) is 107 Å². The molecule has 1 saturated carbocycles. The average Bonchev–Trinajstić information content (AvgIpc) is 3.33. The van der Waals surface area contributed by atoms with Gasteiger partial charge in [0, 0.05) is 44.1 Å². The normalized spacial score (nSPS) is 25.0. The summed E-state index contributed by atoms with van der Waals surface area (Å²) in [4.78, 5) is 34.3. The zero-order valence-electron chi connectivity index (χ0n) is 36.9. The molecule has 1 amide bonds. The second-order valence-electron chi connectivity index (χ2n) is 16.9. The van der Waals surface area contributed by atoms with Crippen molar-refractivity contribution in [2.24, 2.45) is 22.9 Å². The van der Waals surface area contributed by atoms with Crippen LogP contribution in [-0.4, -0.2) is 97.3 Å². The van der Waals surface area contributed by atoms with E-state index in [-0.39, 0.29) is 63.0 Å². The maximum absolute atomic E-state index is 14.6. The zero-order chi connectivity index (χ0) is 45.8. The number of aliphatic hydroxyl groups is 2. The minimum absolute atomic E-state index is 0.00107. The Hall–Kier alpha value is -4.99. The van der Waals surface area contributed by atoms with Crippen LogP contribution in [-0.2, 0) is 25.6 Å². The highest BCUT2D eigenvalue weighted by Gasteiger charge is 2.65. The van der Waals surface area contributed by atoms with Crippen LogP contribution in [0.5, 0.6) is 23.0 Å². The third kappa shape index (κ3) is 11.0. The van der Waals surface area contributed by atoms with Crippen LogP contribution < -0.4 is 14.2 Å². The molecule has 0 spiro atoms. The van der Waals surface area contributed by atoms with Crippen molar-refractivity contribution >= 4 is 29.7 Å². The number of methoxy groups -OCH3 is 1. The Morgan fingerprint density at radius 1 is 1.03 bits per heavy atom. The number of carbonyl (C=O) groups is 2. The first-order valence-corrected chi connectivity index (χ1v) is 23.2. The smallest absolute Gasteiger partial charge is 0.410 e. The average molecular weight is 919 g/mol. The number of aldehydes is 1. The standard InChI is InChI=1S/C50H60ClFN2O11/c1-3-24-62-50-45(54(49(58)61-26-21-51)31-33-13-15-36(52)16-14-33)30-42(53-65-46-12-6-9-25-60-46)40-28-34(10-4-7-22-55)39(11-5-8-23-56)47(48(40)50)41-29-38(18-20-44(41)64-50)63-37-17-19-43(59-2)35(27-37)32-57/h3,13-20,27-29,32,34,39,45-48,55-56H,1,4-12,21-26,30-31H2,2H3/t34-,39+,45-,46?,47+,48+,50+/m0/s1. The molecule has 7 atom stereocenters. The third-order valence-electron chi connectivity index (χ3n) is 12.8. The second-order valence-corrected chi connectivity index (χ2v) is 17.2. The maximum atomic E-state index is 14.6. The molecule has 3 aromatic rings. The van der Waals surface area contributed by atoms with E-state index in [2.05, 4.69) is 12.7 Å². The minimum Gasteiger partial charge on any atom is -0.496 e. The highest BCUT2D eigenvalue weighted by Crippen LogP contribution is 2.62. The molecular weight excluding hydrogens is 859 g/mol. The lowest BCUT2D eigenvalue weighted by Gasteiger charge is -2.59. The number of rotatable bonds is 22. The fourth-order valence-corrected chi connectivity index (χ4v) is 10.0. The van der Waals surface area contributed by atoms with Crippen molar-refractivity contribution in [2.75, 3.05) is 46.0 Å². The number of hydrogen-bond donors (Lipinski definition) is 2. The lowest BCUT2D eigenvalue weighted by atomic mass is 9.55. The molecule has 1 saturated heterocycles. The van der Waals surface area contributed by atoms with Crippen molar-refractivity contribution in [3.8, 4) is 23.0 Å². The predicted molar refractivity (Wildman–Crippen MR) is 242 cm³/mol. The summed E-state index contributed by atoms with van der Waals surface area (Å²) >= 11 is 6.09. The first-order valence-electron chi connectivity index (χ1n) is 22.7. The van der Waals surface area contributed by atoms with E-state index in [1.807, 2.05) is 12.1 Å². The predicted octanol–water partition coefficient (Wildman–Crippen LogP) is 9.48. The lowest BCUT2D eigenvalue weighted by molar-refractivity contribution is -0.256. The number of alkyl halides is 1. The van der Waals surface area contributed by atoms with Crippen LogP contribution in [0.4, 0.5) is 9.18 Å². The summed E-state index contributed by atoms with van der Waals surface area (Å²) in [6.45, 7) is 4.64. The monoisotopic (exact) mass is 918 g/mol. The largest absolute Gasteiger partial charge is 0.496 e. The fraction of sp³-hybridized carbons (Fsp3) is 0.500. The highest BCUT2D eigenvalue weighted by molar-refractivity contribution is 6.18. The molecular formula is C50H60ClFN2O11. The summed E-state index contributed by atoms with van der Waals surface area (Å²) in [5.74, 6) is -1.12. The summed E-state index contributed by atoms with van der Waals surface area (Å²) in [5, 5.41) is 24.9. The Morgan fingerprint density at radius 3 is 2.51 bits per heavy atom. The van der Waals surface area contributed by atoms with Crippen LogP contribution in [0.3, 0.4) is 0 Å². The molecule has 3 aromatic carbocycles. The van der Waals surface area contributed by atoms with Crippen molar-refractivity contribution in [2.45, 2.75) is 94.8 Å². The van der Waals surface area contributed by atoms with Crippen molar-refractivity contribution < 1.29 is 57.5 Å². The first kappa shape index (κ1) is 48.0. The number of unbranched alkanes of at least 4 members (excludes halogenated alkanes) is 2. The van der Waals surface area contributed by atoms with E-state index < -0.39 is 35.9 Å². The molecule has 2 fully saturated rings. The van der Waals surface area contributed by atoms with E-state index in [1.54, 1.807) is 47.4 Å². The number of carbonyl (C=O) groups excluding carboxylic acids is 2. The van der Waals surface area contributed by atoms with Gasteiger partial charge in [0.1, 0.15) is 41.5 Å². The topological polar surface area (TPSA) is 155 Å². The van der Waals surface area contributed by atoms with Gasteiger partial charge in [-0.2, -0.15) is 0 Å². The van der Waals surface area contributed by atoms with Gasteiger partial charge in [0.05, 0.1) is 43.4 Å². The van der Waals surface area contributed by atoms with Crippen molar-refractivity contribution in [3.63, 3.8) is 0 Å². The van der Waals surface area contributed by atoms with Crippen molar-refractivity contribution in [1.82, 2.24) is 4.90 Å². The van der Waals surface area contributed by atoms with Gasteiger partial charge in [0.15, 0.2) is 6.29 Å². The van der Waals surface area contributed by atoms with Crippen molar-refractivity contribution in [1.29, 1.82) is 0 Å². The number of amides is 1. The van der Waals surface area contributed by atoms with Gasteiger partial charge in [0.25, 0.3) is 0 Å². The van der Waals surface area contributed by atoms with E-state index in [0.29, 0.717) is 72.0 Å². The van der Waals surface area contributed by atoms with Gasteiger partial charge >= 0.3 is 6.09 Å². The van der Waals surface area contributed by atoms with Gasteiger partial charge in [-0.25, -0.2) is 9.18 Å². The maximum Gasteiger partial charge on any atom is 0.410 e. The van der Waals surface area contributed by atoms with Crippen LogP contribution in [0, 0.1) is 23.6 Å². The Balaban J connectivity index is 1.45. The minimum atomic E-state index is -1.58. The quantitative estimate of drug-likeness (QED) is 0.0326. The number of halogens is 2. The number of ether oxygens (including phenoxy) is 6. The zero-order valence-corrected chi connectivity index (χ0v) is 37.7. The summed E-state index contributed by atoms with van der Waals surface area (Å²) in [6.07, 6.45) is 10.2. The first-order chi connectivity index (χ1) is 31.8. The summed E-state index contributed by atoms with van der Waals surface area (Å²) < 4.78 is 52.3. The number of oxime groups is 1. The summed E-state index contributed by atoms with van der Waals surface area (Å²) in [6, 6.07) is 15.7. The molecule has 7 rings (SSSR count). The number of allylic oxidation sites excluding steroid dienone is 1. The second kappa shape index (κ2) is 23.0. The van der Waals surface area contributed by atoms with Crippen LogP contribution in [0.2, 0.25) is 0 Å². The number of benzene rings is 3. The molecule has 0 radical (unpaired) electrons. The van der Waals surface area contributed by atoms with Gasteiger partial charge < -0.3 is 43.5 Å². The Kier molecular flexibility index (Phi) is 16.9. The van der Waals surface area contributed by atoms with Crippen LogP contribution in [0.15, 0.2) is 90.1 Å². The van der Waals surface area contributed by atoms with E-state index in [0.717, 1.165) is 49.7 Å². The van der Waals surface area contributed by atoms with Crippen LogP contribution in [0.1, 0.15) is 91.6 Å². The van der Waals surface area contributed by atoms with E-state index in [9.17, 15) is 24.2 Å². The number of hydrogen-bond acceptors (Lipinski definition) is 12. The van der Waals surface area contributed by atoms with Gasteiger partial charge in [-0.05, 0) is 110 Å². The Morgan fingerprint density at radius 2 is 1.80 bits per heavy atom. The molecule has 2 heterocycles. The molecule has 15 heteroatoms. The molecule has 350 valence electrons. The molecule has 4 aliphatic rings. The molecule has 2 aliphatic heterocycles. The third-order valence-corrected chi connectivity index (χ3v) is 13.0. The van der Waals surface area contributed by atoms with E-state index in [4.69, 9.17) is 50.0 Å². The molecule has 1 unspecified atom stereocenters. The van der Waals surface area contributed by atoms with Gasteiger partial charge in [-0.15, -0.1) is 18.2 Å². The van der Waals surface area contributed by atoms with Gasteiger partial charge in [-0.3, -0.25) is 9.69 Å². The van der Waals surface area contributed by atoms with Crippen LogP contribution >= 0.6 is 11.6 Å². The highest BCUT2D eigenvalue weighted by atomic mass is 35.5. The Labute approximate surface area is 385 Å². The summed E-state index contributed by atoms with van der Waals surface area (Å²) in [5.41, 5.74) is 3.25. The SMILES string of the molecule is C=CCO[C@@]12Oc3ccc(Oc4ccc(OC)c(C=O)c4)cc3[C@H]3[C@H](CCCCO)[C@@H](CCCCO)C=C(C(=NOC4CCCCO4)C[C@@H]1N(Cc1ccc(F)cc1)C(=O)OCCCl)[C@H]32. The molecule has 0 bridgehead atoms. The lowest BCUT2D eigenvalue weighted by Crippen LogP contribution is -2.70. The molecule has 65 heavy (non-hydrogen) atoms. The van der Waals surface area contributed by atoms with E-state index >= 15 is 0 Å². The number of nitrogens with zero attached hydrogens (tertiary/aromatic N) is 2. The molecule has 2 aliphatic carbocycles. The summed E-state index contributed by atoms with van der Waals surface area (Å²) in [7, 11) is 1.50. The van der Waals surface area contributed by atoms with Gasteiger partial charge in [-0.1, -0.05) is 42.3 Å². The number of aliphatic hydroxyl groups excluding tert-OH is 2. The van der Waals surface area contributed by atoms with Gasteiger partial charge in [0.2, 0.25) is 12.1 Å². The molecule has 13 nitrogen and oxygen atoms in total. The van der Waals surface area contributed by atoms with E-state index in [1.165, 1.54) is 19.2 Å². The van der Waals surface area contributed by atoms with Crippen LogP contribution in [0.25, 0.3) is 0 Å². The molecule has 0 aromatic heterocycles. The number of fused-ring (bicyclic) bond motifs is 2.